The lowest BCUT2D eigenvalue weighted by Crippen LogP contribution is -2.35. The number of ketones is 1. The predicted molar refractivity (Wildman–Crippen MR) is 66.3 cm³/mol. The van der Waals surface area contributed by atoms with E-state index in [2.05, 4.69) is 10.4 Å². The zero-order valence-electron chi connectivity index (χ0n) is 11.1. The summed E-state index contributed by atoms with van der Waals surface area (Å²) in [7, 11) is 1.73. The van der Waals surface area contributed by atoms with E-state index in [0.717, 1.165) is 0 Å². The number of nitrogens with one attached hydrogen (secondary N) is 1. The van der Waals surface area contributed by atoms with Crippen molar-refractivity contribution in [3.63, 3.8) is 0 Å². The van der Waals surface area contributed by atoms with Crippen LogP contribution in [0.1, 0.15) is 28.7 Å². The van der Waals surface area contributed by atoms with Gasteiger partial charge >= 0.3 is 0 Å². The van der Waals surface area contributed by atoms with Crippen LogP contribution < -0.4 is 5.32 Å². The van der Waals surface area contributed by atoms with Gasteiger partial charge in [0.05, 0.1) is 11.3 Å². The molecule has 100 valence electrons. The average molecular weight is 253 g/mol. The molecule has 0 bridgehead atoms. The van der Waals surface area contributed by atoms with E-state index >= 15 is 0 Å². The van der Waals surface area contributed by atoms with Crippen molar-refractivity contribution < 1.29 is 14.7 Å². The zero-order valence-corrected chi connectivity index (χ0v) is 11.1. The molecule has 1 aromatic heterocycles. The van der Waals surface area contributed by atoms with Crippen LogP contribution in [0.2, 0.25) is 0 Å². The van der Waals surface area contributed by atoms with E-state index in [1.807, 2.05) is 0 Å². The van der Waals surface area contributed by atoms with Gasteiger partial charge in [0.15, 0.2) is 0 Å². The monoisotopic (exact) mass is 253 g/mol. The van der Waals surface area contributed by atoms with Gasteiger partial charge in [-0.05, 0) is 19.8 Å². The molecular weight excluding hydrogens is 234 g/mol. The quantitative estimate of drug-likeness (QED) is 0.570. The Morgan fingerprint density at radius 3 is 2.50 bits per heavy atom. The summed E-state index contributed by atoms with van der Waals surface area (Å²) < 4.78 is 1.58. The number of aryl methyl sites for hydroxylation is 2. The van der Waals surface area contributed by atoms with Crippen LogP contribution in [-0.4, -0.2) is 39.7 Å². The number of amides is 1. The van der Waals surface area contributed by atoms with Gasteiger partial charge in [0, 0.05) is 25.9 Å². The van der Waals surface area contributed by atoms with Gasteiger partial charge < -0.3 is 10.4 Å². The van der Waals surface area contributed by atoms with Gasteiger partial charge in [0.2, 0.25) is 0 Å². The minimum Gasteiger partial charge on any atom is -0.396 e. The summed E-state index contributed by atoms with van der Waals surface area (Å²) in [5, 5.41) is 15.5. The summed E-state index contributed by atoms with van der Waals surface area (Å²) in [5.41, 5.74) is 1.57. The molecule has 6 nitrogen and oxygen atoms in total. The SMILES string of the molecule is Cc1nn(C)c(C)c1C(=O)C(=O)NCC(C)CO. The van der Waals surface area contributed by atoms with Gasteiger partial charge in [-0.3, -0.25) is 14.3 Å². The molecule has 0 aliphatic heterocycles. The van der Waals surface area contributed by atoms with Crippen molar-refractivity contribution in [3.05, 3.63) is 17.0 Å². The first-order valence-electron chi connectivity index (χ1n) is 5.82. The van der Waals surface area contributed by atoms with Crippen LogP contribution in [0.3, 0.4) is 0 Å². The number of Topliss-reactive ketones (excluding diaryl/α,β-unsaturated/α-hetero) is 1. The van der Waals surface area contributed by atoms with E-state index in [-0.39, 0.29) is 19.1 Å². The fraction of sp³-hybridized carbons (Fsp3) is 0.583. The van der Waals surface area contributed by atoms with Crippen molar-refractivity contribution >= 4 is 11.7 Å². The summed E-state index contributed by atoms with van der Waals surface area (Å²) in [6, 6.07) is 0. The smallest absolute Gasteiger partial charge is 0.292 e. The Balaban J connectivity index is 2.78. The second kappa shape index (κ2) is 5.77. The van der Waals surface area contributed by atoms with Crippen LogP contribution in [0.15, 0.2) is 0 Å². The van der Waals surface area contributed by atoms with Crippen LogP contribution in [0, 0.1) is 19.8 Å². The largest absolute Gasteiger partial charge is 0.396 e. The lowest BCUT2D eigenvalue weighted by atomic mass is 10.1. The molecule has 0 fully saturated rings. The third-order valence-corrected chi connectivity index (χ3v) is 2.87. The summed E-state index contributed by atoms with van der Waals surface area (Å²) in [6.07, 6.45) is 0. The Kier molecular flexibility index (Phi) is 4.61. The molecule has 2 N–H and O–H groups in total. The van der Waals surface area contributed by atoms with Crippen molar-refractivity contribution in [1.82, 2.24) is 15.1 Å². The van der Waals surface area contributed by atoms with Gasteiger partial charge in [-0.15, -0.1) is 0 Å². The number of nitrogens with zero attached hydrogens (tertiary/aromatic N) is 2. The van der Waals surface area contributed by atoms with Crippen LogP contribution in [0.4, 0.5) is 0 Å². The van der Waals surface area contributed by atoms with Gasteiger partial charge in [-0.25, -0.2) is 0 Å². The van der Waals surface area contributed by atoms with Crippen molar-refractivity contribution in [2.75, 3.05) is 13.2 Å². The molecule has 0 saturated carbocycles. The molecule has 6 heteroatoms. The zero-order chi connectivity index (χ0) is 13.9. The van der Waals surface area contributed by atoms with E-state index in [9.17, 15) is 9.59 Å². The average Bonchev–Trinajstić information content (AvgIpc) is 2.59. The van der Waals surface area contributed by atoms with Crippen molar-refractivity contribution in [1.29, 1.82) is 0 Å². The van der Waals surface area contributed by atoms with E-state index in [1.54, 1.807) is 32.5 Å². The maximum absolute atomic E-state index is 12.0. The van der Waals surface area contributed by atoms with Gasteiger partial charge in [0.1, 0.15) is 0 Å². The maximum Gasteiger partial charge on any atom is 0.292 e. The van der Waals surface area contributed by atoms with E-state index in [0.29, 0.717) is 17.0 Å². The second-order valence-corrected chi connectivity index (χ2v) is 4.50. The van der Waals surface area contributed by atoms with E-state index < -0.39 is 11.7 Å². The van der Waals surface area contributed by atoms with Crippen LogP contribution >= 0.6 is 0 Å². The van der Waals surface area contributed by atoms with Gasteiger partial charge in [-0.2, -0.15) is 5.10 Å². The topological polar surface area (TPSA) is 84.2 Å². The summed E-state index contributed by atoms with van der Waals surface area (Å²) in [4.78, 5) is 23.7. The lowest BCUT2D eigenvalue weighted by molar-refractivity contribution is -0.117. The fourth-order valence-electron chi connectivity index (χ4n) is 1.63. The molecule has 0 spiro atoms. The van der Waals surface area contributed by atoms with Crippen molar-refractivity contribution in [2.24, 2.45) is 13.0 Å². The third kappa shape index (κ3) is 2.95. The molecule has 0 aliphatic rings. The molecule has 1 unspecified atom stereocenters. The normalized spacial score (nSPS) is 12.3. The van der Waals surface area contributed by atoms with Gasteiger partial charge in [0.25, 0.3) is 11.7 Å². The molecule has 1 amide bonds. The number of aromatic nitrogens is 2. The first kappa shape index (κ1) is 14.4. The van der Waals surface area contributed by atoms with Crippen LogP contribution in [0.25, 0.3) is 0 Å². The molecule has 0 saturated heterocycles. The van der Waals surface area contributed by atoms with E-state index in [1.165, 1.54) is 0 Å². The Hall–Kier alpha value is -1.69. The molecule has 0 aliphatic carbocycles. The fourth-order valence-corrected chi connectivity index (χ4v) is 1.63. The standard InChI is InChI=1S/C12H19N3O3/c1-7(6-16)5-13-12(18)11(17)10-8(2)14-15(4)9(10)3/h7,16H,5-6H2,1-4H3,(H,13,18). The highest BCUT2D eigenvalue weighted by atomic mass is 16.3. The molecule has 1 aromatic rings. The highest BCUT2D eigenvalue weighted by molar-refractivity contribution is 6.43. The first-order valence-corrected chi connectivity index (χ1v) is 5.82. The minimum absolute atomic E-state index is 0.0284. The Morgan fingerprint density at radius 2 is 2.06 bits per heavy atom. The Labute approximate surface area is 106 Å². The number of aliphatic hydroxyl groups excluding tert-OH is 1. The number of carbonyl (C=O) groups is 2. The summed E-state index contributed by atoms with van der Waals surface area (Å²) >= 11 is 0. The highest BCUT2D eigenvalue weighted by Crippen LogP contribution is 2.12. The molecule has 1 rings (SSSR count). The number of carbonyl (C=O) groups excluding carboxylic acids is 2. The molecular formula is C12H19N3O3. The molecule has 1 atom stereocenters. The molecule has 0 aromatic carbocycles. The molecule has 18 heavy (non-hydrogen) atoms. The molecule has 0 radical (unpaired) electrons. The number of aliphatic hydroxyl groups is 1. The van der Waals surface area contributed by atoms with Crippen LogP contribution in [-0.2, 0) is 11.8 Å². The summed E-state index contributed by atoms with van der Waals surface area (Å²) in [5.74, 6) is -1.31. The Morgan fingerprint density at radius 1 is 1.44 bits per heavy atom. The Bertz CT molecular complexity index is 465. The third-order valence-electron chi connectivity index (χ3n) is 2.87. The minimum atomic E-state index is -0.658. The second-order valence-electron chi connectivity index (χ2n) is 4.50. The van der Waals surface area contributed by atoms with Crippen molar-refractivity contribution in [2.45, 2.75) is 20.8 Å². The van der Waals surface area contributed by atoms with Crippen LogP contribution in [0.5, 0.6) is 0 Å². The molecule has 1 heterocycles. The van der Waals surface area contributed by atoms with E-state index in [4.69, 9.17) is 5.11 Å². The lowest BCUT2D eigenvalue weighted by Gasteiger charge is -2.09. The van der Waals surface area contributed by atoms with Gasteiger partial charge in [-0.1, -0.05) is 6.92 Å². The summed E-state index contributed by atoms with van der Waals surface area (Å²) in [6.45, 7) is 5.48. The first-order chi connectivity index (χ1) is 8.38. The number of hydrogen-bond donors (Lipinski definition) is 2. The van der Waals surface area contributed by atoms with Crippen molar-refractivity contribution in [3.8, 4) is 0 Å². The maximum atomic E-state index is 12.0. The highest BCUT2D eigenvalue weighted by Gasteiger charge is 2.23. The number of hydrogen-bond acceptors (Lipinski definition) is 4. The predicted octanol–water partition coefficient (Wildman–Crippen LogP) is -0.0358. The number of rotatable bonds is 5.